The van der Waals surface area contributed by atoms with E-state index in [-0.39, 0.29) is 30.9 Å². The molecule has 128 valence electrons. The Hall–Kier alpha value is -2.34. The lowest BCUT2D eigenvalue weighted by atomic mass is 9.96. The number of hydrogen-bond donors (Lipinski definition) is 2. The van der Waals surface area contributed by atoms with Gasteiger partial charge in [0, 0.05) is 12.5 Å². The van der Waals surface area contributed by atoms with E-state index in [1.807, 2.05) is 0 Å². The Morgan fingerprint density at radius 3 is 2.33 bits per heavy atom. The van der Waals surface area contributed by atoms with Crippen molar-refractivity contribution in [2.45, 2.75) is 25.4 Å². The maximum absolute atomic E-state index is 13.5. The lowest BCUT2D eigenvalue weighted by Gasteiger charge is -2.24. The van der Waals surface area contributed by atoms with Crippen LogP contribution in [0.4, 0.5) is 13.2 Å². The first-order valence-corrected chi connectivity index (χ1v) is 7.47. The summed E-state index contributed by atoms with van der Waals surface area (Å²) in [5, 5.41) is 12.9. The smallest absolute Gasteiger partial charge is 0.220 e. The molecule has 0 saturated carbocycles. The third kappa shape index (κ3) is 4.83. The summed E-state index contributed by atoms with van der Waals surface area (Å²) in [6.07, 6.45) is 0.124. The second kappa shape index (κ2) is 7.49. The van der Waals surface area contributed by atoms with Gasteiger partial charge in [-0.25, -0.2) is 13.2 Å². The first-order valence-electron chi connectivity index (χ1n) is 7.47. The molecule has 2 rings (SSSR count). The highest BCUT2D eigenvalue weighted by Crippen LogP contribution is 2.20. The van der Waals surface area contributed by atoms with Crippen LogP contribution in [-0.2, 0) is 16.8 Å². The van der Waals surface area contributed by atoms with Gasteiger partial charge in [0.25, 0.3) is 0 Å². The Kier molecular flexibility index (Phi) is 5.62. The van der Waals surface area contributed by atoms with Crippen molar-refractivity contribution in [3.05, 3.63) is 71.0 Å². The summed E-state index contributed by atoms with van der Waals surface area (Å²) in [6, 6.07) is 8.53. The average Bonchev–Trinajstić information content (AvgIpc) is 2.52. The molecule has 0 saturated heterocycles. The molecule has 2 aromatic carbocycles. The van der Waals surface area contributed by atoms with E-state index in [4.69, 9.17) is 0 Å². The predicted octanol–water partition coefficient (Wildman–Crippen LogP) is 3.06. The van der Waals surface area contributed by atoms with E-state index in [0.29, 0.717) is 5.56 Å². The Labute approximate surface area is 138 Å². The van der Waals surface area contributed by atoms with Crippen molar-refractivity contribution in [1.82, 2.24) is 5.32 Å². The molecule has 3 nitrogen and oxygen atoms in total. The minimum Gasteiger partial charge on any atom is -0.384 e. The lowest BCUT2D eigenvalue weighted by Crippen LogP contribution is -2.38. The summed E-state index contributed by atoms with van der Waals surface area (Å²) in [7, 11) is 0. The molecule has 24 heavy (non-hydrogen) atoms. The summed E-state index contributed by atoms with van der Waals surface area (Å²) in [5.41, 5.74) is -0.643. The van der Waals surface area contributed by atoms with E-state index in [2.05, 4.69) is 5.32 Å². The second-order valence-electron chi connectivity index (χ2n) is 5.79. The van der Waals surface area contributed by atoms with Crippen LogP contribution < -0.4 is 5.32 Å². The molecule has 2 N–H and O–H groups in total. The molecule has 0 aliphatic carbocycles. The van der Waals surface area contributed by atoms with E-state index in [1.165, 1.54) is 37.3 Å². The molecule has 1 atom stereocenters. The maximum Gasteiger partial charge on any atom is 0.220 e. The highest BCUT2D eigenvalue weighted by Gasteiger charge is 2.23. The molecule has 0 fully saturated rings. The third-order valence-corrected chi connectivity index (χ3v) is 3.73. The van der Waals surface area contributed by atoms with E-state index >= 15 is 0 Å². The zero-order chi connectivity index (χ0) is 17.7. The number of carbonyl (C=O) groups excluding carboxylic acids is 1. The number of amides is 1. The fourth-order valence-corrected chi connectivity index (χ4v) is 2.24. The average molecular weight is 337 g/mol. The van der Waals surface area contributed by atoms with Crippen LogP contribution in [0, 0.1) is 17.5 Å². The van der Waals surface area contributed by atoms with E-state index < -0.39 is 23.1 Å². The largest absolute Gasteiger partial charge is 0.384 e. The topological polar surface area (TPSA) is 49.3 Å². The Bertz CT molecular complexity index is 715. The number of nitrogens with one attached hydrogen (secondary N) is 1. The van der Waals surface area contributed by atoms with Crippen LogP contribution in [0.1, 0.15) is 24.5 Å². The van der Waals surface area contributed by atoms with Gasteiger partial charge in [-0.05, 0) is 42.7 Å². The van der Waals surface area contributed by atoms with Gasteiger partial charge in [0.2, 0.25) is 5.91 Å². The van der Waals surface area contributed by atoms with Crippen LogP contribution in [0.2, 0.25) is 0 Å². The van der Waals surface area contributed by atoms with Crippen molar-refractivity contribution in [2.24, 2.45) is 0 Å². The molecule has 0 aromatic heterocycles. The van der Waals surface area contributed by atoms with E-state index in [1.54, 1.807) is 0 Å². The van der Waals surface area contributed by atoms with Gasteiger partial charge >= 0.3 is 0 Å². The molecular formula is C18H18F3NO2. The van der Waals surface area contributed by atoms with Crippen LogP contribution in [-0.4, -0.2) is 17.6 Å². The summed E-state index contributed by atoms with van der Waals surface area (Å²) >= 11 is 0. The van der Waals surface area contributed by atoms with Gasteiger partial charge in [-0.3, -0.25) is 4.79 Å². The Morgan fingerprint density at radius 1 is 1.08 bits per heavy atom. The number of benzene rings is 2. The van der Waals surface area contributed by atoms with Gasteiger partial charge in [-0.2, -0.15) is 0 Å². The van der Waals surface area contributed by atoms with Crippen LogP contribution >= 0.6 is 0 Å². The molecule has 0 radical (unpaired) electrons. The van der Waals surface area contributed by atoms with Gasteiger partial charge < -0.3 is 10.4 Å². The maximum atomic E-state index is 13.5. The molecule has 1 unspecified atom stereocenters. The van der Waals surface area contributed by atoms with Gasteiger partial charge in [0.05, 0.1) is 6.54 Å². The Morgan fingerprint density at radius 2 is 1.71 bits per heavy atom. The first kappa shape index (κ1) is 18.0. The van der Waals surface area contributed by atoms with Crippen molar-refractivity contribution in [3.63, 3.8) is 0 Å². The highest BCUT2D eigenvalue weighted by atomic mass is 19.1. The van der Waals surface area contributed by atoms with Crippen molar-refractivity contribution in [3.8, 4) is 0 Å². The number of aliphatic hydroxyl groups is 1. The minimum atomic E-state index is -1.36. The van der Waals surface area contributed by atoms with Gasteiger partial charge in [-0.15, -0.1) is 0 Å². The van der Waals surface area contributed by atoms with Crippen molar-refractivity contribution >= 4 is 5.91 Å². The Balaban J connectivity index is 1.87. The van der Waals surface area contributed by atoms with Gasteiger partial charge in [-0.1, -0.05) is 18.2 Å². The molecule has 0 aliphatic rings. The number of aryl methyl sites for hydroxylation is 1. The van der Waals surface area contributed by atoms with Gasteiger partial charge in [0.1, 0.15) is 23.1 Å². The number of rotatable bonds is 6. The van der Waals surface area contributed by atoms with Crippen molar-refractivity contribution in [2.75, 3.05) is 6.54 Å². The monoisotopic (exact) mass is 337 g/mol. The van der Waals surface area contributed by atoms with Crippen LogP contribution in [0.25, 0.3) is 0 Å². The molecule has 0 bridgehead atoms. The summed E-state index contributed by atoms with van der Waals surface area (Å²) in [6.45, 7) is 1.43. The molecule has 0 spiro atoms. The van der Waals surface area contributed by atoms with Crippen molar-refractivity contribution in [1.29, 1.82) is 0 Å². The van der Waals surface area contributed by atoms with Gasteiger partial charge in [0.15, 0.2) is 0 Å². The number of carbonyl (C=O) groups is 1. The minimum absolute atomic E-state index is 0.00203. The number of hydrogen-bond acceptors (Lipinski definition) is 2. The molecule has 0 heterocycles. The standard InChI is InChI=1S/C18H18F3NO2/c1-18(24,13-4-7-14(19)8-5-13)11-22-17(23)9-3-12-2-6-15(20)10-16(12)21/h2,4-8,10,24H,3,9,11H2,1H3,(H,22,23). The highest BCUT2D eigenvalue weighted by molar-refractivity contribution is 5.76. The zero-order valence-electron chi connectivity index (χ0n) is 13.2. The summed E-state index contributed by atoms with van der Waals surface area (Å²) < 4.78 is 39.2. The normalized spacial score (nSPS) is 13.4. The zero-order valence-corrected chi connectivity index (χ0v) is 13.2. The lowest BCUT2D eigenvalue weighted by molar-refractivity contribution is -0.122. The first-order chi connectivity index (χ1) is 11.3. The fourth-order valence-electron chi connectivity index (χ4n) is 2.24. The quantitative estimate of drug-likeness (QED) is 0.851. The third-order valence-electron chi connectivity index (χ3n) is 3.73. The van der Waals surface area contributed by atoms with E-state index in [9.17, 15) is 23.1 Å². The SMILES string of the molecule is CC(O)(CNC(=O)CCc1ccc(F)cc1F)c1ccc(F)cc1. The fraction of sp³-hybridized carbons (Fsp3) is 0.278. The molecule has 6 heteroatoms. The van der Waals surface area contributed by atoms with Crippen LogP contribution in [0.15, 0.2) is 42.5 Å². The molecular weight excluding hydrogens is 319 g/mol. The van der Waals surface area contributed by atoms with Crippen LogP contribution in [0.5, 0.6) is 0 Å². The van der Waals surface area contributed by atoms with Crippen LogP contribution in [0.3, 0.4) is 0 Å². The predicted molar refractivity (Wildman–Crippen MR) is 83.7 cm³/mol. The summed E-state index contributed by atoms with van der Waals surface area (Å²) in [5.74, 6) is -2.15. The molecule has 1 amide bonds. The molecule has 0 aliphatic heterocycles. The summed E-state index contributed by atoms with van der Waals surface area (Å²) in [4.78, 5) is 11.8. The number of halogens is 3. The molecule has 2 aromatic rings. The second-order valence-corrected chi connectivity index (χ2v) is 5.79. The van der Waals surface area contributed by atoms with E-state index in [0.717, 1.165) is 12.1 Å². The van der Waals surface area contributed by atoms with Crippen molar-refractivity contribution < 1.29 is 23.1 Å².